The lowest BCUT2D eigenvalue weighted by molar-refractivity contribution is -0.137. The predicted octanol–water partition coefficient (Wildman–Crippen LogP) is 6.21. The summed E-state index contributed by atoms with van der Waals surface area (Å²) in [4.78, 5) is 0.119. The van der Waals surface area contributed by atoms with E-state index in [2.05, 4.69) is 4.72 Å². The van der Waals surface area contributed by atoms with Gasteiger partial charge in [0, 0.05) is 5.56 Å². The first kappa shape index (κ1) is 21.8. The number of nitrogens with one attached hydrogen (secondary N) is 1. The Morgan fingerprint density at radius 3 is 1.94 bits per heavy atom. The van der Waals surface area contributed by atoms with E-state index in [1.54, 1.807) is 18.2 Å². The van der Waals surface area contributed by atoms with E-state index in [0.29, 0.717) is 33.4 Å². The molecule has 1 spiro atoms. The van der Waals surface area contributed by atoms with Gasteiger partial charge in [-0.1, -0.05) is 84.9 Å². The lowest BCUT2D eigenvalue weighted by Gasteiger charge is -2.30. The largest absolute Gasteiger partial charge is 0.416 e. The second-order valence-electron chi connectivity index (χ2n) is 8.59. The standard InChI is InChI=1S/C28H18F3NO2S/c29-28(30,31)20-15-16-22-21(17-20)25(18-9-3-1-4-10-18)26(19-11-5-2-6-12-19)27(22)23-13-7-8-14-24(23)35(33,34)32-27/h1-17,32H/t27-/m0/s1. The molecule has 0 saturated carbocycles. The Bertz CT molecular complexity index is 1610. The molecule has 7 heteroatoms. The van der Waals surface area contributed by atoms with Crippen molar-refractivity contribution in [1.82, 2.24) is 4.72 Å². The minimum atomic E-state index is -4.55. The second-order valence-corrected chi connectivity index (χ2v) is 10.2. The van der Waals surface area contributed by atoms with Crippen molar-refractivity contribution in [3.8, 4) is 0 Å². The number of hydrogen-bond acceptors (Lipinski definition) is 2. The first-order valence-corrected chi connectivity index (χ1v) is 12.4. The van der Waals surface area contributed by atoms with Crippen LogP contribution in [0.5, 0.6) is 0 Å². The van der Waals surface area contributed by atoms with Crippen molar-refractivity contribution in [2.45, 2.75) is 16.6 Å². The Labute approximate surface area is 200 Å². The quantitative estimate of drug-likeness (QED) is 0.364. The molecule has 0 radical (unpaired) electrons. The highest BCUT2D eigenvalue weighted by atomic mass is 32.2. The van der Waals surface area contributed by atoms with Crippen molar-refractivity contribution in [3.05, 3.63) is 137 Å². The molecule has 35 heavy (non-hydrogen) atoms. The average Bonchev–Trinajstić information content (AvgIpc) is 3.28. The molecule has 0 saturated heterocycles. The summed E-state index contributed by atoms with van der Waals surface area (Å²) in [5, 5.41) is 0. The zero-order chi connectivity index (χ0) is 24.4. The smallest absolute Gasteiger partial charge is 0.207 e. The third-order valence-electron chi connectivity index (χ3n) is 6.64. The number of sulfonamides is 1. The molecule has 1 aliphatic heterocycles. The summed E-state index contributed by atoms with van der Waals surface area (Å²) in [6.07, 6.45) is -4.55. The number of hydrogen-bond donors (Lipinski definition) is 1. The highest BCUT2D eigenvalue weighted by Gasteiger charge is 2.56. The van der Waals surface area contributed by atoms with E-state index >= 15 is 0 Å². The summed E-state index contributed by atoms with van der Waals surface area (Å²) in [6, 6.07) is 28.5. The molecule has 1 aliphatic carbocycles. The topological polar surface area (TPSA) is 46.2 Å². The molecule has 1 N–H and O–H groups in total. The first-order valence-electron chi connectivity index (χ1n) is 10.9. The van der Waals surface area contributed by atoms with E-state index in [1.165, 1.54) is 12.1 Å². The Kier molecular flexibility index (Phi) is 4.62. The van der Waals surface area contributed by atoms with Gasteiger partial charge in [-0.25, -0.2) is 8.42 Å². The zero-order valence-corrected chi connectivity index (χ0v) is 19.0. The molecular weight excluding hydrogens is 471 g/mol. The van der Waals surface area contributed by atoms with Gasteiger partial charge in [-0.15, -0.1) is 0 Å². The third kappa shape index (κ3) is 3.12. The van der Waals surface area contributed by atoms with Crippen molar-refractivity contribution < 1.29 is 21.6 Å². The average molecular weight is 490 g/mol. The summed E-state index contributed by atoms with van der Waals surface area (Å²) in [7, 11) is -3.93. The minimum absolute atomic E-state index is 0.119. The molecule has 0 unspecified atom stereocenters. The van der Waals surface area contributed by atoms with Gasteiger partial charge in [-0.2, -0.15) is 17.9 Å². The molecular formula is C28H18F3NO2S. The van der Waals surface area contributed by atoms with Gasteiger partial charge in [0.05, 0.1) is 10.5 Å². The van der Waals surface area contributed by atoms with Gasteiger partial charge >= 0.3 is 6.18 Å². The van der Waals surface area contributed by atoms with E-state index in [1.807, 2.05) is 60.7 Å². The maximum Gasteiger partial charge on any atom is 0.416 e. The van der Waals surface area contributed by atoms with E-state index in [0.717, 1.165) is 17.7 Å². The van der Waals surface area contributed by atoms with Crippen LogP contribution in [0.1, 0.15) is 33.4 Å². The first-order chi connectivity index (χ1) is 16.7. The molecule has 0 bridgehead atoms. The van der Waals surface area contributed by atoms with Gasteiger partial charge in [0.2, 0.25) is 10.0 Å². The third-order valence-corrected chi connectivity index (χ3v) is 8.15. The normalized spacial score (nSPS) is 20.2. The van der Waals surface area contributed by atoms with Crippen LogP contribution in [-0.4, -0.2) is 8.42 Å². The van der Waals surface area contributed by atoms with Crippen LogP contribution in [0.25, 0.3) is 11.1 Å². The Morgan fingerprint density at radius 2 is 1.29 bits per heavy atom. The van der Waals surface area contributed by atoms with Crippen LogP contribution in [0.4, 0.5) is 13.2 Å². The van der Waals surface area contributed by atoms with Gasteiger partial charge in [0.1, 0.15) is 5.54 Å². The van der Waals surface area contributed by atoms with E-state index in [4.69, 9.17) is 0 Å². The Hall–Kier alpha value is -3.68. The number of halogens is 3. The van der Waals surface area contributed by atoms with Crippen molar-refractivity contribution in [2.75, 3.05) is 0 Å². The SMILES string of the molecule is O=S1(=O)N[C@]2(C(c3ccccc3)=C(c3ccccc3)c3cc(C(F)(F)F)ccc32)c2ccccc21. The van der Waals surface area contributed by atoms with Gasteiger partial charge in [0.15, 0.2) is 0 Å². The maximum atomic E-state index is 13.8. The monoisotopic (exact) mass is 489 g/mol. The molecule has 2 aliphatic rings. The van der Waals surface area contributed by atoms with Crippen LogP contribution >= 0.6 is 0 Å². The van der Waals surface area contributed by atoms with E-state index in [-0.39, 0.29) is 4.90 Å². The summed E-state index contributed by atoms with van der Waals surface area (Å²) in [6.45, 7) is 0. The molecule has 1 heterocycles. The highest BCUT2D eigenvalue weighted by molar-refractivity contribution is 7.90. The van der Waals surface area contributed by atoms with Crippen LogP contribution in [0, 0.1) is 0 Å². The summed E-state index contributed by atoms with van der Waals surface area (Å²) >= 11 is 0. The van der Waals surface area contributed by atoms with Crippen LogP contribution in [0.2, 0.25) is 0 Å². The van der Waals surface area contributed by atoms with Crippen LogP contribution < -0.4 is 4.72 Å². The van der Waals surface area contributed by atoms with E-state index < -0.39 is 27.3 Å². The molecule has 4 aromatic carbocycles. The van der Waals surface area contributed by atoms with Crippen LogP contribution in [-0.2, 0) is 21.7 Å². The van der Waals surface area contributed by atoms with Gasteiger partial charge in [-0.3, -0.25) is 0 Å². The lowest BCUT2D eigenvalue weighted by Crippen LogP contribution is -2.40. The summed E-state index contributed by atoms with van der Waals surface area (Å²) in [5.74, 6) is 0. The fraction of sp³-hybridized carbons (Fsp3) is 0.0714. The van der Waals surface area contributed by atoms with Crippen molar-refractivity contribution >= 4 is 21.2 Å². The highest BCUT2D eigenvalue weighted by Crippen LogP contribution is 2.59. The maximum absolute atomic E-state index is 13.8. The molecule has 3 nitrogen and oxygen atoms in total. The van der Waals surface area contributed by atoms with Gasteiger partial charge in [0.25, 0.3) is 0 Å². The zero-order valence-electron chi connectivity index (χ0n) is 18.2. The fourth-order valence-electron chi connectivity index (χ4n) is 5.29. The van der Waals surface area contributed by atoms with Crippen LogP contribution in [0.15, 0.2) is 108 Å². The summed E-state index contributed by atoms with van der Waals surface area (Å²) < 4.78 is 71.0. The predicted molar refractivity (Wildman–Crippen MR) is 128 cm³/mol. The minimum Gasteiger partial charge on any atom is -0.207 e. The molecule has 4 aromatic rings. The van der Waals surface area contributed by atoms with Gasteiger partial charge in [-0.05, 0) is 51.6 Å². The molecule has 174 valence electrons. The second kappa shape index (κ2) is 7.41. The Morgan fingerprint density at radius 1 is 0.686 bits per heavy atom. The lowest BCUT2D eigenvalue weighted by atomic mass is 9.77. The molecule has 0 amide bonds. The summed E-state index contributed by atoms with van der Waals surface area (Å²) in [5.41, 5.74) is 1.74. The van der Waals surface area contributed by atoms with Crippen molar-refractivity contribution in [1.29, 1.82) is 0 Å². The fourth-order valence-corrected chi connectivity index (χ4v) is 6.89. The number of fused-ring (bicyclic) bond motifs is 4. The Balaban J connectivity index is 1.82. The number of benzene rings is 4. The van der Waals surface area contributed by atoms with Crippen molar-refractivity contribution in [2.24, 2.45) is 0 Å². The van der Waals surface area contributed by atoms with Gasteiger partial charge < -0.3 is 0 Å². The molecule has 0 aromatic heterocycles. The number of rotatable bonds is 2. The molecule has 6 rings (SSSR count). The molecule has 0 fully saturated rings. The molecule has 1 atom stereocenters. The van der Waals surface area contributed by atoms with Crippen LogP contribution in [0.3, 0.4) is 0 Å². The van der Waals surface area contributed by atoms with Crippen molar-refractivity contribution in [3.63, 3.8) is 0 Å². The number of alkyl halides is 3. The van der Waals surface area contributed by atoms with E-state index in [9.17, 15) is 21.6 Å².